The Balaban J connectivity index is 2.92. The summed E-state index contributed by atoms with van der Waals surface area (Å²) < 4.78 is 19.5. The number of nitrogens with one attached hydrogen (secondary N) is 1. The first-order valence-electron chi connectivity index (χ1n) is 7.02. The van der Waals surface area contributed by atoms with Gasteiger partial charge in [-0.15, -0.1) is 0 Å². The van der Waals surface area contributed by atoms with E-state index >= 15 is 0 Å². The van der Waals surface area contributed by atoms with Crippen LogP contribution in [-0.2, 0) is 4.74 Å². The predicted octanol–water partition coefficient (Wildman–Crippen LogP) is 3.91. The largest absolute Gasteiger partial charge is 0.382 e. The molecular weight excluding hydrogens is 241 g/mol. The summed E-state index contributed by atoms with van der Waals surface area (Å²) in [4.78, 5) is 0. The molecule has 0 aliphatic rings. The molecule has 0 spiro atoms. The number of halogens is 1. The van der Waals surface area contributed by atoms with Crippen molar-refractivity contribution >= 4 is 0 Å². The Morgan fingerprint density at radius 1 is 1.26 bits per heavy atom. The number of methoxy groups -OCH3 is 1. The second-order valence-electron chi connectivity index (χ2n) is 5.21. The second-order valence-corrected chi connectivity index (χ2v) is 5.21. The maximum Gasteiger partial charge on any atom is 0.128 e. The van der Waals surface area contributed by atoms with Gasteiger partial charge in [0.05, 0.1) is 6.10 Å². The van der Waals surface area contributed by atoms with Crippen molar-refractivity contribution in [1.29, 1.82) is 0 Å². The molecule has 19 heavy (non-hydrogen) atoms. The van der Waals surface area contributed by atoms with Crippen molar-refractivity contribution in [3.8, 4) is 0 Å². The lowest BCUT2D eigenvalue weighted by Crippen LogP contribution is -2.24. The van der Waals surface area contributed by atoms with Crippen LogP contribution in [0.2, 0.25) is 0 Å². The van der Waals surface area contributed by atoms with Crippen molar-refractivity contribution in [3.63, 3.8) is 0 Å². The molecule has 1 rings (SSSR count). The summed E-state index contributed by atoms with van der Waals surface area (Å²) in [7, 11) is 1.71. The molecule has 0 amide bonds. The third-order valence-corrected chi connectivity index (χ3v) is 3.54. The third-order valence-electron chi connectivity index (χ3n) is 3.54. The van der Waals surface area contributed by atoms with Crippen LogP contribution in [0.3, 0.4) is 0 Å². The molecule has 0 aromatic heterocycles. The molecule has 2 nitrogen and oxygen atoms in total. The zero-order chi connectivity index (χ0) is 14.4. The third kappa shape index (κ3) is 4.59. The Labute approximate surface area is 116 Å². The SMILES string of the molecule is CCNC(CCC(C)OC)c1c(C)cc(C)cc1F. The van der Waals surface area contributed by atoms with Crippen LogP contribution in [-0.4, -0.2) is 19.8 Å². The van der Waals surface area contributed by atoms with Gasteiger partial charge in [0.1, 0.15) is 5.82 Å². The highest BCUT2D eigenvalue weighted by molar-refractivity contribution is 5.34. The highest BCUT2D eigenvalue weighted by Gasteiger charge is 2.18. The molecule has 0 aliphatic carbocycles. The van der Waals surface area contributed by atoms with E-state index in [2.05, 4.69) is 5.32 Å². The number of hydrogen-bond donors (Lipinski definition) is 1. The molecule has 0 bridgehead atoms. The maximum atomic E-state index is 14.2. The van der Waals surface area contributed by atoms with Gasteiger partial charge >= 0.3 is 0 Å². The number of benzene rings is 1. The zero-order valence-corrected chi connectivity index (χ0v) is 12.7. The smallest absolute Gasteiger partial charge is 0.128 e. The molecule has 1 N–H and O–H groups in total. The van der Waals surface area contributed by atoms with Gasteiger partial charge in [-0.3, -0.25) is 0 Å². The zero-order valence-electron chi connectivity index (χ0n) is 12.7. The van der Waals surface area contributed by atoms with Gasteiger partial charge in [0, 0.05) is 18.7 Å². The van der Waals surface area contributed by atoms with Crippen LogP contribution in [0, 0.1) is 19.7 Å². The Kier molecular flexibility index (Phi) is 6.46. The van der Waals surface area contributed by atoms with E-state index in [1.807, 2.05) is 33.8 Å². The lowest BCUT2D eigenvalue weighted by atomic mass is 9.94. The first-order valence-corrected chi connectivity index (χ1v) is 7.02. The van der Waals surface area contributed by atoms with Gasteiger partial charge in [-0.25, -0.2) is 4.39 Å². The summed E-state index contributed by atoms with van der Waals surface area (Å²) in [6.07, 6.45) is 2.00. The van der Waals surface area contributed by atoms with Crippen molar-refractivity contribution in [3.05, 3.63) is 34.6 Å². The average Bonchev–Trinajstić information content (AvgIpc) is 2.34. The predicted molar refractivity (Wildman–Crippen MR) is 78.0 cm³/mol. The lowest BCUT2D eigenvalue weighted by molar-refractivity contribution is 0.106. The molecule has 1 aromatic rings. The Morgan fingerprint density at radius 2 is 1.95 bits per heavy atom. The normalized spacial score (nSPS) is 14.4. The summed E-state index contributed by atoms with van der Waals surface area (Å²) >= 11 is 0. The average molecular weight is 267 g/mol. The minimum absolute atomic E-state index is 0.0585. The minimum Gasteiger partial charge on any atom is -0.382 e. The summed E-state index contributed by atoms with van der Waals surface area (Å²) in [5.74, 6) is -0.103. The van der Waals surface area contributed by atoms with Crippen molar-refractivity contribution in [1.82, 2.24) is 5.32 Å². The van der Waals surface area contributed by atoms with Gasteiger partial charge in [0.2, 0.25) is 0 Å². The van der Waals surface area contributed by atoms with E-state index < -0.39 is 0 Å². The van der Waals surface area contributed by atoms with E-state index in [-0.39, 0.29) is 18.0 Å². The second kappa shape index (κ2) is 7.61. The molecule has 0 saturated heterocycles. The highest BCUT2D eigenvalue weighted by atomic mass is 19.1. The minimum atomic E-state index is -0.103. The van der Waals surface area contributed by atoms with Gasteiger partial charge in [0.25, 0.3) is 0 Å². The lowest BCUT2D eigenvalue weighted by Gasteiger charge is -2.22. The van der Waals surface area contributed by atoms with Crippen LogP contribution in [0.1, 0.15) is 49.4 Å². The summed E-state index contributed by atoms with van der Waals surface area (Å²) in [5, 5.41) is 3.38. The van der Waals surface area contributed by atoms with E-state index in [1.54, 1.807) is 13.2 Å². The number of ether oxygens (including phenoxy) is 1. The summed E-state index contributed by atoms with van der Waals surface area (Å²) in [5.41, 5.74) is 2.79. The highest BCUT2D eigenvalue weighted by Crippen LogP contribution is 2.27. The van der Waals surface area contributed by atoms with Crippen molar-refractivity contribution in [2.45, 2.75) is 52.7 Å². The number of hydrogen-bond acceptors (Lipinski definition) is 2. The molecule has 2 unspecified atom stereocenters. The van der Waals surface area contributed by atoms with E-state index in [0.29, 0.717) is 0 Å². The van der Waals surface area contributed by atoms with E-state index in [1.165, 1.54) is 0 Å². The van der Waals surface area contributed by atoms with Crippen LogP contribution < -0.4 is 5.32 Å². The topological polar surface area (TPSA) is 21.3 Å². The summed E-state index contributed by atoms with van der Waals surface area (Å²) in [6, 6.07) is 3.72. The van der Waals surface area contributed by atoms with E-state index in [4.69, 9.17) is 4.74 Å². The molecule has 108 valence electrons. The fraction of sp³-hybridized carbons (Fsp3) is 0.625. The molecule has 1 aromatic carbocycles. The first-order chi connectivity index (χ1) is 8.99. The monoisotopic (exact) mass is 267 g/mol. The number of rotatable bonds is 7. The Morgan fingerprint density at radius 3 is 2.47 bits per heavy atom. The van der Waals surface area contributed by atoms with Crippen molar-refractivity contribution < 1.29 is 9.13 Å². The van der Waals surface area contributed by atoms with Gasteiger partial charge in [-0.2, -0.15) is 0 Å². The number of aryl methyl sites for hydroxylation is 2. The fourth-order valence-corrected chi connectivity index (χ4v) is 2.48. The van der Waals surface area contributed by atoms with Crippen molar-refractivity contribution in [2.24, 2.45) is 0 Å². The van der Waals surface area contributed by atoms with Gasteiger partial charge in [0.15, 0.2) is 0 Å². The van der Waals surface area contributed by atoms with Gasteiger partial charge in [-0.1, -0.05) is 13.0 Å². The molecular formula is C16H26FNO. The van der Waals surface area contributed by atoms with E-state index in [0.717, 1.165) is 36.1 Å². The molecule has 2 atom stereocenters. The van der Waals surface area contributed by atoms with Crippen LogP contribution >= 0.6 is 0 Å². The molecule has 0 aliphatic heterocycles. The molecule has 0 saturated carbocycles. The van der Waals surface area contributed by atoms with Crippen LogP contribution in [0.5, 0.6) is 0 Å². The van der Waals surface area contributed by atoms with E-state index in [9.17, 15) is 4.39 Å². The van der Waals surface area contributed by atoms with Crippen LogP contribution in [0.15, 0.2) is 12.1 Å². The molecule has 0 heterocycles. The van der Waals surface area contributed by atoms with Gasteiger partial charge < -0.3 is 10.1 Å². The maximum absolute atomic E-state index is 14.2. The standard InChI is InChI=1S/C16H26FNO/c1-6-18-15(8-7-13(4)19-5)16-12(3)9-11(2)10-14(16)17/h9-10,13,15,18H,6-8H2,1-5H3. The Hall–Kier alpha value is -0.930. The quantitative estimate of drug-likeness (QED) is 0.808. The fourth-order valence-electron chi connectivity index (χ4n) is 2.48. The van der Waals surface area contributed by atoms with Crippen LogP contribution in [0.4, 0.5) is 4.39 Å². The summed E-state index contributed by atoms with van der Waals surface area (Å²) in [6.45, 7) is 8.83. The Bertz CT molecular complexity index is 383. The molecule has 0 fully saturated rings. The van der Waals surface area contributed by atoms with Gasteiger partial charge in [-0.05, 0) is 57.4 Å². The van der Waals surface area contributed by atoms with Crippen molar-refractivity contribution in [2.75, 3.05) is 13.7 Å². The molecule has 3 heteroatoms. The molecule has 0 radical (unpaired) electrons. The van der Waals surface area contributed by atoms with Crippen LogP contribution in [0.25, 0.3) is 0 Å². The first kappa shape index (κ1) is 16.1.